The molecule has 25 heavy (non-hydrogen) atoms. The maximum atomic E-state index is 5.48. The van der Waals surface area contributed by atoms with E-state index < -0.39 is 0 Å². The zero-order valence-corrected chi connectivity index (χ0v) is 15.9. The van der Waals surface area contributed by atoms with Gasteiger partial charge in [-0.05, 0) is 24.3 Å². The van der Waals surface area contributed by atoms with E-state index in [9.17, 15) is 0 Å². The van der Waals surface area contributed by atoms with Gasteiger partial charge < -0.3 is 14.2 Å². The standard InChI is InChI=1S/C19H19NO3S2/c1-21-14-8-9-15(17(10-14)23-3)19-20-13(12-25-19)11-24-18-7-5-4-6-16(18)22-2/h4-10,12H,11H2,1-3H3. The Labute approximate surface area is 155 Å². The van der Waals surface area contributed by atoms with Crippen LogP contribution in [0.4, 0.5) is 0 Å². The molecule has 0 aliphatic carbocycles. The average molecular weight is 373 g/mol. The summed E-state index contributed by atoms with van der Waals surface area (Å²) in [6.07, 6.45) is 0. The molecule has 0 spiro atoms. The number of benzene rings is 2. The highest BCUT2D eigenvalue weighted by molar-refractivity contribution is 7.98. The number of hydrogen-bond acceptors (Lipinski definition) is 6. The average Bonchev–Trinajstić information content (AvgIpc) is 3.14. The van der Waals surface area contributed by atoms with Gasteiger partial charge in [-0.1, -0.05) is 12.1 Å². The van der Waals surface area contributed by atoms with Crippen molar-refractivity contribution in [2.75, 3.05) is 21.3 Å². The molecule has 2 aromatic carbocycles. The lowest BCUT2D eigenvalue weighted by molar-refractivity contribution is 0.395. The maximum Gasteiger partial charge on any atom is 0.132 e. The lowest BCUT2D eigenvalue weighted by Crippen LogP contribution is -1.90. The van der Waals surface area contributed by atoms with Crippen molar-refractivity contribution in [2.45, 2.75) is 10.6 Å². The van der Waals surface area contributed by atoms with Gasteiger partial charge in [-0.25, -0.2) is 4.98 Å². The van der Waals surface area contributed by atoms with Crippen LogP contribution in [0.2, 0.25) is 0 Å². The highest BCUT2D eigenvalue weighted by atomic mass is 32.2. The first kappa shape index (κ1) is 17.6. The van der Waals surface area contributed by atoms with E-state index in [2.05, 4.69) is 11.4 Å². The van der Waals surface area contributed by atoms with Crippen molar-refractivity contribution in [3.8, 4) is 27.8 Å². The normalized spacial score (nSPS) is 10.5. The van der Waals surface area contributed by atoms with Crippen molar-refractivity contribution in [1.82, 2.24) is 4.98 Å². The molecule has 0 saturated carbocycles. The van der Waals surface area contributed by atoms with Gasteiger partial charge in [0, 0.05) is 22.1 Å². The molecular formula is C19H19NO3S2. The molecule has 0 amide bonds. The lowest BCUT2D eigenvalue weighted by atomic mass is 10.2. The van der Waals surface area contributed by atoms with Gasteiger partial charge in [-0.15, -0.1) is 23.1 Å². The van der Waals surface area contributed by atoms with Gasteiger partial charge in [0.25, 0.3) is 0 Å². The Morgan fingerprint density at radius 3 is 2.52 bits per heavy atom. The Morgan fingerprint density at radius 2 is 1.76 bits per heavy atom. The summed E-state index contributed by atoms with van der Waals surface area (Å²) in [5.41, 5.74) is 2.01. The van der Waals surface area contributed by atoms with Crippen molar-refractivity contribution in [1.29, 1.82) is 0 Å². The van der Waals surface area contributed by atoms with Gasteiger partial charge in [0.1, 0.15) is 22.3 Å². The molecular weight excluding hydrogens is 354 g/mol. The highest BCUT2D eigenvalue weighted by Gasteiger charge is 2.12. The van der Waals surface area contributed by atoms with Crippen LogP contribution >= 0.6 is 23.1 Å². The highest BCUT2D eigenvalue weighted by Crippen LogP contribution is 2.36. The molecule has 0 aliphatic rings. The number of nitrogens with zero attached hydrogens (tertiary/aromatic N) is 1. The summed E-state index contributed by atoms with van der Waals surface area (Å²) in [6.45, 7) is 0. The van der Waals surface area contributed by atoms with E-state index in [1.54, 1.807) is 44.4 Å². The molecule has 130 valence electrons. The van der Waals surface area contributed by atoms with Gasteiger partial charge in [0.05, 0.1) is 32.6 Å². The lowest BCUT2D eigenvalue weighted by Gasteiger charge is -2.08. The SMILES string of the molecule is COc1ccc(-c2nc(CSc3ccccc3OC)cs2)c(OC)c1. The van der Waals surface area contributed by atoms with Gasteiger partial charge >= 0.3 is 0 Å². The topological polar surface area (TPSA) is 40.6 Å². The van der Waals surface area contributed by atoms with E-state index in [0.717, 1.165) is 44.2 Å². The van der Waals surface area contributed by atoms with Gasteiger partial charge in [-0.3, -0.25) is 0 Å². The first-order valence-corrected chi connectivity index (χ1v) is 9.54. The van der Waals surface area contributed by atoms with Crippen LogP contribution in [-0.4, -0.2) is 26.3 Å². The quantitative estimate of drug-likeness (QED) is 0.537. The van der Waals surface area contributed by atoms with Crippen LogP contribution in [0.3, 0.4) is 0 Å². The summed E-state index contributed by atoms with van der Waals surface area (Å²) in [6, 6.07) is 13.8. The fourth-order valence-electron chi connectivity index (χ4n) is 2.36. The van der Waals surface area contributed by atoms with Crippen LogP contribution in [0.15, 0.2) is 52.7 Å². The Bertz CT molecular complexity index is 848. The zero-order chi connectivity index (χ0) is 17.6. The smallest absolute Gasteiger partial charge is 0.132 e. The number of methoxy groups -OCH3 is 3. The number of thioether (sulfide) groups is 1. The fraction of sp³-hybridized carbons (Fsp3) is 0.211. The zero-order valence-electron chi connectivity index (χ0n) is 14.3. The molecule has 0 N–H and O–H groups in total. The summed E-state index contributed by atoms with van der Waals surface area (Å²) < 4.78 is 16.1. The third-order valence-corrected chi connectivity index (χ3v) is 5.65. The predicted molar refractivity (Wildman–Crippen MR) is 103 cm³/mol. The summed E-state index contributed by atoms with van der Waals surface area (Å²) in [5.74, 6) is 3.21. The van der Waals surface area contributed by atoms with E-state index in [1.165, 1.54) is 0 Å². The molecule has 6 heteroatoms. The Kier molecular flexibility index (Phi) is 5.83. The summed E-state index contributed by atoms with van der Waals surface area (Å²) in [7, 11) is 4.99. The van der Waals surface area contributed by atoms with Crippen molar-refractivity contribution in [2.24, 2.45) is 0 Å². The van der Waals surface area contributed by atoms with Crippen molar-refractivity contribution in [3.05, 3.63) is 53.5 Å². The second-order valence-corrected chi connectivity index (χ2v) is 7.03. The van der Waals surface area contributed by atoms with Gasteiger partial charge in [0.2, 0.25) is 0 Å². The van der Waals surface area contributed by atoms with Crippen LogP contribution in [-0.2, 0) is 5.75 Å². The molecule has 1 aromatic heterocycles. The largest absolute Gasteiger partial charge is 0.497 e. The first-order valence-electron chi connectivity index (χ1n) is 7.67. The fourth-order valence-corrected chi connectivity index (χ4v) is 4.24. The van der Waals surface area contributed by atoms with Crippen molar-refractivity contribution >= 4 is 23.1 Å². The molecule has 0 bridgehead atoms. The summed E-state index contributed by atoms with van der Waals surface area (Å²) in [5, 5.41) is 3.02. The molecule has 3 aromatic rings. The maximum absolute atomic E-state index is 5.48. The van der Waals surface area contributed by atoms with E-state index in [-0.39, 0.29) is 0 Å². The Hall–Kier alpha value is -2.18. The number of para-hydroxylation sites is 1. The van der Waals surface area contributed by atoms with Crippen LogP contribution < -0.4 is 14.2 Å². The first-order chi connectivity index (χ1) is 12.2. The van der Waals surface area contributed by atoms with Crippen molar-refractivity contribution in [3.63, 3.8) is 0 Å². The minimum Gasteiger partial charge on any atom is -0.497 e. The monoisotopic (exact) mass is 373 g/mol. The van der Waals surface area contributed by atoms with Crippen LogP contribution in [0.5, 0.6) is 17.2 Å². The molecule has 0 fully saturated rings. The minimum absolute atomic E-state index is 0.762. The second-order valence-electron chi connectivity index (χ2n) is 5.15. The molecule has 0 unspecified atom stereocenters. The Morgan fingerprint density at radius 1 is 0.960 bits per heavy atom. The molecule has 4 nitrogen and oxygen atoms in total. The predicted octanol–water partition coefficient (Wildman–Crippen LogP) is 5.13. The number of rotatable bonds is 7. The van der Waals surface area contributed by atoms with Crippen LogP contribution in [0, 0.1) is 0 Å². The Balaban J connectivity index is 1.77. The summed E-state index contributed by atoms with van der Waals surface area (Å²) in [4.78, 5) is 5.86. The molecule has 0 radical (unpaired) electrons. The molecule has 0 atom stereocenters. The van der Waals surface area contributed by atoms with Gasteiger partial charge in [0.15, 0.2) is 0 Å². The van der Waals surface area contributed by atoms with Gasteiger partial charge in [-0.2, -0.15) is 0 Å². The van der Waals surface area contributed by atoms with E-state index in [0.29, 0.717) is 0 Å². The summed E-state index contributed by atoms with van der Waals surface area (Å²) >= 11 is 3.33. The van der Waals surface area contributed by atoms with Crippen LogP contribution in [0.1, 0.15) is 5.69 Å². The van der Waals surface area contributed by atoms with E-state index in [4.69, 9.17) is 19.2 Å². The molecule has 0 aliphatic heterocycles. The number of hydrogen-bond donors (Lipinski definition) is 0. The molecule has 0 saturated heterocycles. The van der Waals surface area contributed by atoms with Crippen molar-refractivity contribution < 1.29 is 14.2 Å². The van der Waals surface area contributed by atoms with Crippen LogP contribution in [0.25, 0.3) is 10.6 Å². The second kappa shape index (κ2) is 8.27. The number of aromatic nitrogens is 1. The van der Waals surface area contributed by atoms with E-state index in [1.807, 2.05) is 36.4 Å². The minimum atomic E-state index is 0.762. The number of thiazole rings is 1. The number of ether oxygens (including phenoxy) is 3. The third kappa shape index (κ3) is 4.08. The van der Waals surface area contributed by atoms with E-state index >= 15 is 0 Å². The third-order valence-electron chi connectivity index (χ3n) is 3.64. The molecule has 1 heterocycles. The molecule has 3 rings (SSSR count).